The van der Waals surface area contributed by atoms with Gasteiger partial charge in [0.15, 0.2) is 11.5 Å². The van der Waals surface area contributed by atoms with E-state index < -0.39 is 5.82 Å². The molecule has 2 aromatic carbocycles. The average molecular weight is 593 g/mol. The summed E-state index contributed by atoms with van der Waals surface area (Å²) < 4.78 is 20.5. The molecule has 10 nitrogen and oxygen atoms in total. The number of imidazole rings is 1. The Morgan fingerprint density at radius 1 is 1.05 bits per heavy atom. The van der Waals surface area contributed by atoms with Crippen molar-refractivity contribution in [3.63, 3.8) is 0 Å². The summed E-state index contributed by atoms with van der Waals surface area (Å²) in [4.78, 5) is 31.2. The second-order valence-electron chi connectivity index (χ2n) is 10.9. The third-order valence-corrected chi connectivity index (χ3v) is 7.27. The van der Waals surface area contributed by atoms with E-state index in [4.69, 9.17) is 9.72 Å². The predicted molar refractivity (Wildman–Crippen MR) is 170 cm³/mol. The molecule has 4 heterocycles. The molecule has 3 N–H and O–H groups in total. The predicted octanol–water partition coefficient (Wildman–Crippen LogP) is 6.44. The third-order valence-electron chi connectivity index (χ3n) is 7.27. The normalized spacial score (nSPS) is 11.5. The number of unbranched alkanes of at least 4 members (excludes halogenated alkanes) is 1. The number of hydrogen-bond acceptors (Lipinski definition) is 7. The van der Waals surface area contributed by atoms with Crippen LogP contribution in [0.4, 0.5) is 10.1 Å². The lowest BCUT2D eigenvalue weighted by atomic mass is 10.0. The third kappa shape index (κ3) is 6.28. The van der Waals surface area contributed by atoms with Gasteiger partial charge in [-0.1, -0.05) is 19.4 Å². The van der Waals surface area contributed by atoms with Crippen molar-refractivity contribution in [3.8, 4) is 39.5 Å². The molecule has 0 fully saturated rings. The fraction of sp³-hybridized carbons (Fsp3) is 0.242. The van der Waals surface area contributed by atoms with Crippen LogP contribution in [0.5, 0.6) is 5.75 Å². The Labute approximate surface area is 253 Å². The van der Waals surface area contributed by atoms with Gasteiger partial charge in [-0.3, -0.25) is 14.9 Å². The molecule has 0 aliphatic carbocycles. The molecular weight excluding hydrogens is 559 g/mol. The maximum atomic E-state index is 14.6. The van der Waals surface area contributed by atoms with Crippen LogP contribution >= 0.6 is 0 Å². The van der Waals surface area contributed by atoms with E-state index >= 15 is 0 Å². The zero-order valence-corrected chi connectivity index (χ0v) is 24.8. The molecule has 0 bridgehead atoms. The lowest BCUT2D eigenvalue weighted by Crippen LogP contribution is -2.19. The molecule has 0 atom stereocenters. The summed E-state index contributed by atoms with van der Waals surface area (Å²) in [5, 5.41) is 11.4. The Morgan fingerprint density at radius 3 is 2.77 bits per heavy atom. The number of aromatic amines is 2. The highest BCUT2D eigenvalue weighted by Crippen LogP contribution is 2.34. The molecule has 0 saturated carbocycles. The molecule has 44 heavy (non-hydrogen) atoms. The quantitative estimate of drug-likeness (QED) is 0.158. The number of pyridine rings is 2. The number of nitrogens with zero attached hydrogens (tertiary/aromatic N) is 5. The minimum atomic E-state index is -0.395. The molecule has 224 valence electrons. The van der Waals surface area contributed by atoms with Crippen LogP contribution in [0, 0.1) is 5.82 Å². The van der Waals surface area contributed by atoms with E-state index in [9.17, 15) is 9.18 Å². The van der Waals surface area contributed by atoms with E-state index in [1.54, 1.807) is 18.6 Å². The topological polar surface area (TPSA) is 125 Å². The monoisotopic (exact) mass is 592 g/mol. The molecule has 0 unspecified atom stereocenters. The maximum absolute atomic E-state index is 14.6. The van der Waals surface area contributed by atoms with Crippen LogP contribution in [0.1, 0.15) is 26.2 Å². The van der Waals surface area contributed by atoms with Crippen LogP contribution in [0.15, 0.2) is 67.1 Å². The van der Waals surface area contributed by atoms with Gasteiger partial charge in [-0.25, -0.2) is 14.4 Å². The molecule has 0 radical (unpaired) electrons. The molecule has 0 aliphatic rings. The van der Waals surface area contributed by atoms with Crippen LogP contribution in [0.2, 0.25) is 0 Å². The van der Waals surface area contributed by atoms with Crippen molar-refractivity contribution in [3.05, 3.63) is 72.9 Å². The summed E-state index contributed by atoms with van der Waals surface area (Å²) in [5.41, 5.74) is 6.38. The molecule has 11 heteroatoms. The highest BCUT2D eigenvalue weighted by molar-refractivity contribution is 5.98. The summed E-state index contributed by atoms with van der Waals surface area (Å²) in [6.45, 7) is 3.21. The molecule has 4 aromatic heterocycles. The number of anilines is 1. The zero-order chi connectivity index (χ0) is 30.6. The second-order valence-corrected chi connectivity index (χ2v) is 10.9. The number of carbonyl (C=O) groups is 1. The Balaban J connectivity index is 1.33. The van der Waals surface area contributed by atoms with E-state index in [-0.39, 0.29) is 5.91 Å². The average Bonchev–Trinajstić information content (AvgIpc) is 3.63. The Morgan fingerprint density at radius 2 is 1.93 bits per heavy atom. The van der Waals surface area contributed by atoms with Crippen molar-refractivity contribution >= 4 is 33.7 Å². The summed E-state index contributed by atoms with van der Waals surface area (Å²) in [6.07, 6.45) is 7.35. The molecule has 6 rings (SSSR count). The van der Waals surface area contributed by atoms with Crippen molar-refractivity contribution in [2.24, 2.45) is 0 Å². The highest BCUT2D eigenvalue weighted by atomic mass is 19.1. The number of carbonyl (C=O) groups excluding carboxylic acids is 1. The molecule has 0 aliphatic heterocycles. The minimum Gasteiger partial charge on any atom is -0.492 e. The van der Waals surface area contributed by atoms with Gasteiger partial charge in [0, 0.05) is 47.9 Å². The van der Waals surface area contributed by atoms with Crippen LogP contribution in [-0.2, 0) is 4.79 Å². The van der Waals surface area contributed by atoms with Crippen molar-refractivity contribution in [1.82, 2.24) is 35.0 Å². The van der Waals surface area contributed by atoms with E-state index in [0.29, 0.717) is 59.3 Å². The molecule has 6 aromatic rings. The SMILES string of the molecule is CCCCC(=O)Nc1cncc(-c2ccc3[nH]nc(-c4nc5c(-c6cc(F)cc(OCCN(C)C)c6)ccnc5[nH]4)c3c2)c1. The summed E-state index contributed by atoms with van der Waals surface area (Å²) >= 11 is 0. The zero-order valence-electron chi connectivity index (χ0n) is 24.8. The number of benzene rings is 2. The van der Waals surface area contributed by atoms with Gasteiger partial charge in [0.05, 0.1) is 17.4 Å². The number of halogens is 1. The van der Waals surface area contributed by atoms with Gasteiger partial charge in [0.2, 0.25) is 5.91 Å². The van der Waals surface area contributed by atoms with E-state index in [2.05, 4.69) is 37.4 Å². The molecule has 1 amide bonds. The van der Waals surface area contributed by atoms with Gasteiger partial charge >= 0.3 is 0 Å². The second kappa shape index (κ2) is 12.6. The lowest BCUT2D eigenvalue weighted by Gasteiger charge is -2.12. The largest absolute Gasteiger partial charge is 0.492 e. The van der Waals surface area contributed by atoms with Gasteiger partial charge in [-0.15, -0.1) is 0 Å². The summed E-state index contributed by atoms with van der Waals surface area (Å²) in [5.74, 6) is 0.556. The van der Waals surface area contributed by atoms with E-state index in [1.807, 2.05) is 55.4 Å². The highest BCUT2D eigenvalue weighted by Gasteiger charge is 2.17. The smallest absolute Gasteiger partial charge is 0.224 e. The first-order valence-corrected chi connectivity index (χ1v) is 14.5. The molecule has 0 spiro atoms. The minimum absolute atomic E-state index is 0.0254. The van der Waals surface area contributed by atoms with Crippen molar-refractivity contribution in [1.29, 1.82) is 0 Å². The first-order chi connectivity index (χ1) is 21.4. The number of rotatable bonds is 11. The summed E-state index contributed by atoms with van der Waals surface area (Å²) in [7, 11) is 3.91. The molecule has 0 saturated heterocycles. The fourth-order valence-corrected chi connectivity index (χ4v) is 5.00. The van der Waals surface area contributed by atoms with Gasteiger partial charge in [-0.05, 0) is 68.0 Å². The molecular formula is C33H33FN8O2. The van der Waals surface area contributed by atoms with Gasteiger partial charge in [-0.2, -0.15) is 5.10 Å². The number of ether oxygens (including phenoxy) is 1. The standard InChI is InChI=1S/C33H33FN8O2/c1-4-5-6-29(43)37-24-14-22(18-35-19-24)20-7-8-28-27(16-20)31(41-40-28)33-38-30-26(9-10-36-32(30)39-33)21-13-23(34)17-25(15-21)44-12-11-42(2)3/h7-10,13-19H,4-6,11-12H2,1-3H3,(H,37,43)(H,40,41)(H,36,38,39). The lowest BCUT2D eigenvalue weighted by molar-refractivity contribution is -0.116. The van der Waals surface area contributed by atoms with Crippen LogP contribution < -0.4 is 10.1 Å². The maximum Gasteiger partial charge on any atom is 0.224 e. The summed E-state index contributed by atoms with van der Waals surface area (Å²) in [6, 6.07) is 14.3. The van der Waals surface area contributed by atoms with E-state index in [0.717, 1.165) is 40.4 Å². The van der Waals surface area contributed by atoms with Crippen LogP contribution in [0.25, 0.3) is 55.8 Å². The first kappa shape index (κ1) is 28.9. The number of amides is 1. The number of likely N-dealkylation sites (N-methyl/N-ethyl adjacent to an activating group) is 1. The number of nitrogens with one attached hydrogen (secondary N) is 3. The van der Waals surface area contributed by atoms with Crippen LogP contribution in [0.3, 0.4) is 0 Å². The number of fused-ring (bicyclic) bond motifs is 2. The van der Waals surface area contributed by atoms with Crippen molar-refractivity contribution in [2.75, 3.05) is 32.6 Å². The van der Waals surface area contributed by atoms with Crippen molar-refractivity contribution < 1.29 is 13.9 Å². The van der Waals surface area contributed by atoms with Crippen LogP contribution in [-0.4, -0.2) is 68.2 Å². The van der Waals surface area contributed by atoms with E-state index in [1.165, 1.54) is 12.1 Å². The van der Waals surface area contributed by atoms with Gasteiger partial charge in [0.25, 0.3) is 0 Å². The Bertz CT molecular complexity index is 1950. The number of aromatic nitrogens is 6. The fourth-order valence-electron chi connectivity index (χ4n) is 5.00. The Hall–Kier alpha value is -5.16. The number of hydrogen-bond donors (Lipinski definition) is 3. The Kier molecular flexibility index (Phi) is 8.29. The van der Waals surface area contributed by atoms with Gasteiger partial charge in [0.1, 0.15) is 29.4 Å². The first-order valence-electron chi connectivity index (χ1n) is 14.5. The van der Waals surface area contributed by atoms with Gasteiger partial charge < -0.3 is 19.9 Å². The van der Waals surface area contributed by atoms with Crippen molar-refractivity contribution in [2.45, 2.75) is 26.2 Å². The number of H-pyrrole nitrogens is 2.